The van der Waals surface area contributed by atoms with E-state index in [1.165, 1.54) is 0 Å². The molecular formula is C12H23N3O2. The van der Waals surface area contributed by atoms with Gasteiger partial charge >= 0.3 is 0 Å². The first-order valence-corrected chi connectivity index (χ1v) is 6.13. The first-order chi connectivity index (χ1) is 7.82. The summed E-state index contributed by atoms with van der Waals surface area (Å²) in [4.78, 5) is 25.6. The van der Waals surface area contributed by atoms with Crippen LogP contribution in [0.1, 0.15) is 27.7 Å². The summed E-state index contributed by atoms with van der Waals surface area (Å²) < 4.78 is 0. The summed E-state index contributed by atoms with van der Waals surface area (Å²) in [5, 5.41) is 5.96. The van der Waals surface area contributed by atoms with Crippen LogP contribution in [0.4, 0.5) is 0 Å². The summed E-state index contributed by atoms with van der Waals surface area (Å²) in [7, 11) is 0. The summed E-state index contributed by atoms with van der Waals surface area (Å²) in [5.74, 6) is -0.0856. The second-order valence-corrected chi connectivity index (χ2v) is 5.52. The van der Waals surface area contributed by atoms with E-state index >= 15 is 0 Å². The van der Waals surface area contributed by atoms with Crippen LogP contribution in [0, 0.1) is 5.41 Å². The molecule has 1 fully saturated rings. The van der Waals surface area contributed by atoms with Crippen LogP contribution >= 0.6 is 0 Å². The highest BCUT2D eigenvalue weighted by Crippen LogP contribution is 2.13. The lowest BCUT2D eigenvalue weighted by atomic mass is 9.95. The predicted octanol–water partition coefficient (Wildman–Crippen LogP) is -0.0310. The fourth-order valence-corrected chi connectivity index (χ4v) is 1.63. The van der Waals surface area contributed by atoms with Crippen LogP contribution < -0.4 is 10.6 Å². The maximum atomic E-state index is 12.0. The van der Waals surface area contributed by atoms with Gasteiger partial charge in [0.1, 0.15) is 6.04 Å². The van der Waals surface area contributed by atoms with E-state index in [0.717, 1.165) is 13.1 Å². The quantitative estimate of drug-likeness (QED) is 0.713. The molecule has 1 atom stereocenters. The van der Waals surface area contributed by atoms with E-state index in [1.807, 2.05) is 20.8 Å². The molecule has 0 saturated carbocycles. The molecule has 5 nitrogen and oxygen atoms in total. The molecule has 17 heavy (non-hydrogen) atoms. The number of nitrogens with one attached hydrogen (secondary N) is 2. The molecule has 1 unspecified atom stereocenters. The Balaban J connectivity index is 2.49. The number of hydrogen-bond donors (Lipinski definition) is 2. The van der Waals surface area contributed by atoms with Gasteiger partial charge in [-0.05, 0) is 6.92 Å². The van der Waals surface area contributed by atoms with E-state index in [2.05, 4.69) is 10.6 Å². The second kappa shape index (κ2) is 5.49. The Kier molecular flexibility index (Phi) is 4.51. The Bertz CT molecular complexity index is 291. The van der Waals surface area contributed by atoms with Crippen molar-refractivity contribution >= 4 is 11.8 Å². The van der Waals surface area contributed by atoms with E-state index in [4.69, 9.17) is 0 Å². The number of hydrogen-bond acceptors (Lipinski definition) is 3. The Morgan fingerprint density at radius 2 is 1.76 bits per heavy atom. The molecule has 0 aliphatic carbocycles. The van der Waals surface area contributed by atoms with Crippen molar-refractivity contribution in [1.29, 1.82) is 0 Å². The fourth-order valence-electron chi connectivity index (χ4n) is 1.63. The van der Waals surface area contributed by atoms with Gasteiger partial charge in [-0.3, -0.25) is 9.59 Å². The third kappa shape index (κ3) is 4.00. The standard InChI is InChI=1S/C12H23N3O2/c1-9(14-11(17)12(2,3)4)10(16)15-7-5-13-6-8-15/h9,13H,5-8H2,1-4H3,(H,14,17). The lowest BCUT2D eigenvalue weighted by molar-refractivity contribution is -0.138. The molecule has 98 valence electrons. The normalized spacial score (nSPS) is 18.7. The van der Waals surface area contributed by atoms with Gasteiger partial charge < -0.3 is 15.5 Å². The monoisotopic (exact) mass is 241 g/mol. The minimum atomic E-state index is -0.460. The molecule has 0 aromatic rings. The SMILES string of the molecule is CC(NC(=O)C(C)(C)C)C(=O)N1CCNCC1. The molecule has 2 amide bonds. The molecule has 2 N–H and O–H groups in total. The Morgan fingerprint density at radius 1 is 1.24 bits per heavy atom. The summed E-state index contributed by atoms with van der Waals surface area (Å²) >= 11 is 0. The van der Waals surface area contributed by atoms with Crippen LogP contribution in [0.2, 0.25) is 0 Å². The molecule has 0 spiro atoms. The molecule has 0 bridgehead atoms. The van der Waals surface area contributed by atoms with Gasteiger partial charge in [0.15, 0.2) is 0 Å². The second-order valence-electron chi connectivity index (χ2n) is 5.52. The average molecular weight is 241 g/mol. The maximum Gasteiger partial charge on any atom is 0.244 e. The topological polar surface area (TPSA) is 61.4 Å². The van der Waals surface area contributed by atoms with E-state index in [1.54, 1.807) is 11.8 Å². The zero-order valence-corrected chi connectivity index (χ0v) is 11.2. The van der Waals surface area contributed by atoms with E-state index in [9.17, 15) is 9.59 Å². The minimum absolute atomic E-state index is 0.00380. The van der Waals surface area contributed by atoms with Crippen LogP contribution in [-0.4, -0.2) is 48.9 Å². The minimum Gasteiger partial charge on any atom is -0.344 e. The first kappa shape index (κ1) is 14.0. The number of nitrogens with zero attached hydrogens (tertiary/aromatic N) is 1. The van der Waals surface area contributed by atoms with Gasteiger partial charge in [-0.2, -0.15) is 0 Å². The van der Waals surface area contributed by atoms with Crippen molar-refractivity contribution in [2.45, 2.75) is 33.7 Å². The van der Waals surface area contributed by atoms with Crippen molar-refractivity contribution in [2.75, 3.05) is 26.2 Å². The van der Waals surface area contributed by atoms with Gasteiger partial charge in [0, 0.05) is 31.6 Å². The molecule has 1 rings (SSSR count). The highest BCUT2D eigenvalue weighted by Gasteiger charge is 2.27. The largest absolute Gasteiger partial charge is 0.344 e. The van der Waals surface area contributed by atoms with Gasteiger partial charge in [0.25, 0.3) is 0 Å². The van der Waals surface area contributed by atoms with Gasteiger partial charge in [0.2, 0.25) is 11.8 Å². The predicted molar refractivity (Wildman–Crippen MR) is 66.5 cm³/mol. The molecule has 1 aliphatic rings. The molecular weight excluding hydrogens is 218 g/mol. The molecule has 1 saturated heterocycles. The molecule has 0 aromatic carbocycles. The van der Waals surface area contributed by atoms with Crippen molar-refractivity contribution in [1.82, 2.24) is 15.5 Å². The summed E-state index contributed by atoms with van der Waals surface area (Å²) in [6.45, 7) is 10.3. The number of carbonyl (C=O) groups excluding carboxylic acids is 2. The van der Waals surface area contributed by atoms with E-state index in [0.29, 0.717) is 13.1 Å². The summed E-state index contributed by atoms with van der Waals surface area (Å²) in [6, 6.07) is -0.445. The van der Waals surface area contributed by atoms with Crippen molar-refractivity contribution in [2.24, 2.45) is 5.41 Å². The Morgan fingerprint density at radius 3 is 2.24 bits per heavy atom. The molecule has 1 heterocycles. The zero-order valence-electron chi connectivity index (χ0n) is 11.2. The molecule has 0 aromatic heterocycles. The zero-order chi connectivity index (χ0) is 13.1. The van der Waals surface area contributed by atoms with Crippen molar-refractivity contribution in [3.63, 3.8) is 0 Å². The number of piperazine rings is 1. The van der Waals surface area contributed by atoms with Crippen LogP contribution in [0.25, 0.3) is 0 Å². The van der Waals surface area contributed by atoms with Crippen molar-refractivity contribution < 1.29 is 9.59 Å². The third-order valence-corrected chi connectivity index (χ3v) is 2.83. The molecule has 0 radical (unpaired) electrons. The lowest BCUT2D eigenvalue weighted by Gasteiger charge is -2.31. The molecule has 1 aliphatic heterocycles. The van der Waals surface area contributed by atoms with Crippen molar-refractivity contribution in [3.8, 4) is 0 Å². The Labute approximate surface area is 103 Å². The van der Waals surface area contributed by atoms with Crippen LogP contribution in [-0.2, 0) is 9.59 Å². The van der Waals surface area contributed by atoms with Gasteiger partial charge in [0.05, 0.1) is 0 Å². The van der Waals surface area contributed by atoms with E-state index in [-0.39, 0.29) is 11.8 Å². The highest BCUT2D eigenvalue weighted by molar-refractivity contribution is 5.89. The third-order valence-electron chi connectivity index (χ3n) is 2.83. The van der Waals surface area contributed by atoms with Crippen molar-refractivity contribution in [3.05, 3.63) is 0 Å². The fraction of sp³-hybridized carbons (Fsp3) is 0.833. The van der Waals surface area contributed by atoms with E-state index < -0.39 is 11.5 Å². The number of rotatable bonds is 2. The van der Waals surface area contributed by atoms with Crippen LogP contribution in [0.15, 0.2) is 0 Å². The summed E-state index contributed by atoms with van der Waals surface area (Å²) in [6.07, 6.45) is 0. The average Bonchev–Trinajstić information content (AvgIpc) is 2.27. The Hall–Kier alpha value is -1.10. The summed E-state index contributed by atoms with van der Waals surface area (Å²) in [5.41, 5.74) is -0.460. The highest BCUT2D eigenvalue weighted by atomic mass is 16.2. The smallest absolute Gasteiger partial charge is 0.244 e. The van der Waals surface area contributed by atoms with Gasteiger partial charge in [-0.1, -0.05) is 20.8 Å². The molecule has 5 heteroatoms. The number of carbonyl (C=O) groups is 2. The van der Waals surface area contributed by atoms with Gasteiger partial charge in [-0.15, -0.1) is 0 Å². The van der Waals surface area contributed by atoms with Gasteiger partial charge in [-0.25, -0.2) is 0 Å². The van der Waals surface area contributed by atoms with Crippen LogP contribution in [0.3, 0.4) is 0 Å². The first-order valence-electron chi connectivity index (χ1n) is 6.13. The maximum absolute atomic E-state index is 12.0. The van der Waals surface area contributed by atoms with Crippen LogP contribution in [0.5, 0.6) is 0 Å². The lowest BCUT2D eigenvalue weighted by Crippen LogP contribution is -2.54. The number of amides is 2.